The van der Waals surface area contributed by atoms with E-state index in [2.05, 4.69) is 103 Å². The number of rotatable bonds is 5. The van der Waals surface area contributed by atoms with E-state index in [4.69, 9.17) is 23.8 Å². The van der Waals surface area contributed by atoms with E-state index in [1.165, 1.54) is 21.9 Å². The third-order valence-corrected chi connectivity index (χ3v) is 10.4. The fraction of sp³-hybridized carbons (Fsp3) is 0. The van der Waals surface area contributed by atoms with Crippen LogP contribution in [0.15, 0.2) is 185 Å². The van der Waals surface area contributed by atoms with Gasteiger partial charge in [-0.05, 0) is 63.4 Å². The summed E-state index contributed by atoms with van der Waals surface area (Å²) >= 11 is 0. The Labute approximate surface area is 309 Å². The van der Waals surface area contributed by atoms with Crippen molar-refractivity contribution in [2.75, 3.05) is 0 Å². The number of hydrogen-bond donors (Lipinski definition) is 0. The summed E-state index contributed by atoms with van der Waals surface area (Å²) in [6, 6.07) is 60.6. The van der Waals surface area contributed by atoms with Crippen LogP contribution in [0, 0.1) is 0 Å². The molecule has 0 unspecified atom stereocenters. The van der Waals surface area contributed by atoms with Crippen LogP contribution in [-0.4, -0.2) is 15.0 Å². The molecule has 3 heterocycles. The predicted octanol–water partition coefficient (Wildman–Crippen LogP) is 13.2. The zero-order valence-corrected chi connectivity index (χ0v) is 28.9. The van der Waals surface area contributed by atoms with Gasteiger partial charge >= 0.3 is 0 Å². The lowest BCUT2D eigenvalue weighted by molar-refractivity contribution is 0.668. The summed E-state index contributed by atoms with van der Waals surface area (Å²) in [5.41, 5.74) is 10.4. The number of hydrogen-bond acceptors (Lipinski definition) is 5. The van der Waals surface area contributed by atoms with Crippen molar-refractivity contribution in [3.63, 3.8) is 0 Å². The summed E-state index contributed by atoms with van der Waals surface area (Å²) in [6.45, 7) is 0. The van der Waals surface area contributed by atoms with E-state index in [1.54, 1.807) is 0 Å². The molecule has 0 fully saturated rings. The molecule has 8 aromatic carbocycles. The van der Waals surface area contributed by atoms with Gasteiger partial charge in [0.1, 0.15) is 22.3 Å². The van der Waals surface area contributed by atoms with Gasteiger partial charge in [-0.25, -0.2) is 15.0 Å². The lowest BCUT2D eigenvalue weighted by atomic mass is 9.95. The van der Waals surface area contributed by atoms with E-state index in [0.29, 0.717) is 17.5 Å². The van der Waals surface area contributed by atoms with Crippen molar-refractivity contribution in [3.05, 3.63) is 176 Å². The summed E-state index contributed by atoms with van der Waals surface area (Å²) in [7, 11) is 0. The maximum absolute atomic E-state index is 6.46. The van der Waals surface area contributed by atoms with Crippen LogP contribution in [0.4, 0.5) is 0 Å². The van der Waals surface area contributed by atoms with E-state index in [9.17, 15) is 0 Å². The van der Waals surface area contributed by atoms with Crippen LogP contribution in [0.25, 0.3) is 111 Å². The first-order valence-electron chi connectivity index (χ1n) is 18.0. The van der Waals surface area contributed by atoms with Crippen molar-refractivity contribution in [3.8, 4) is 56.4 Å². The highest BCUT2D eigenvalue weighted by Gasteiger charge is 2.20. The first kappa shape index (κ1) is 30.3. The molecule has 3 aromatic heterocycles. The predicted molar refractivity (Wildman–Crippen MR) is 219 cm³/mol. The molecule has 0 aliphatic carbocycles. The van der Waals surface area contributed by atoms with Crippen LogP contribution in [-0.2, 0) is 0 Å². The van der Waals surface area contributed by atoms with Crippen LogP contribution in [0.2, 0.25) is 0 Å². The van der Waals surface area contributed by atoms with Crippen molar-refractivity contribution in [2.45, 2.75) is 0 Å². The summed E-state index contributed by atoms with van der Waals surface area (Å²) < 4.78 is 12.9. The van der Waals surface area contributed by atoms with Crippen molar-refractivity contribution in [2.24, 2.45) is 0 Å². The van der Waals surface area contributed by atoms with Gasteiger partial charge in [-0.3, -0.25) is 0 Å². The Morgan fingerprint density at radius 1 is 0.315 bits per heavy atom. The van der Waals surface area contributed by atoms with Crippen LogP contribution in [0.5, 0.6) is 0 Å². The van der Waals surface area contributed by atoms with Gasteiger partial charge in [0, 0.05) is 32.7 Å². The second kappa shape index (κ2) is 12.1. The fourth-order valence-corrected chi connectivity index (χ4v) is 7.77. The smallest absolute Gasteiger partial charge is 0.167 e. The van der Waals surface area contributed by atoms with E-state index < -0.39 is 0 Å². The highest BCUT2D eigenvalue weighted by Crippen LogP contribution is 2.40. The fourth-order valence-electron chi connectivity index (χ4n) is 7.77. The Balaban J connectivity index is 1.07. The first-order chi connectivity index (χ1) is 26.7. The highest BCUT2D eigenvalue weighted by atomic mass is 16.3. The molecule has 0 aliphatic heterocycles. The quantitative estimate of drug-likeness (QED) is 0.180. The Bertz CT molecular complexity index is 3210. The summed E-state index contributed by atoms with van der Waals surface area (Å²) in [5, 5.41) is 6.52. The minimum absolute atomic E-state index is 0.542. The van der Waals surface area contributed by atoms with Crippen molar-refractivity contribution >= 4 is 54.6 Å². The Morgan fingerprint density at radius 2 is 0.907 bits per heavy atom. The molecule has 11 rings (SSSR count). The second-order valence-electron chi connectivity index (χ2n) is 13.5. The number of furan rings is 2. The number of benzene rings is 8. The number of fused-ring (bicyclic) bond motifs is 7. The number of para-hydroxylation sites is 2. The Hall–Kier alpha value is -7.37. The Kier molecular flexibility index (Phi) is 6.79. The molecule has 0 amide bonds. The van der Waals surface area contributed by atoms with Gasteiger partial charge in [-0.15, -0.1) is 0 Å². The molecule has 0 saturated carbocycles. The minimum Gasteiger partial charge on any atom is -0.456 e. The zero-order valence-electron chi connectivity index (χ0n) is 28.9. The van der Waals surface area contributed by atoms with Gasteiger partial charge in [0.05, 0.1) is 5.56 Å². The molecule has 0 aliphatic rings. The molecule has 0 N–H and O–H groups in total. The second-order valence-corrected chi connectivity index (χ2v) is 13.5. The van der Waals surface area contributed by atoms with Gasteiger partial charge in [0.2, 0.25) is 0 Å². The molecule has 5 heteroatoms. The maximum atomic E-state index is 6.46. The molecule has 252 valence electrons. The van der Waals surface area contributed by atoms with E-state index >= 15 is 0 Å². The highest BCUT2D eigenvalue weighted by molar-refractivity contribution is 6.13. The molecule has 0 spiro atoms. The minimum atomic E-state index is 0.542. The number of nitrogens with zero attached hydrogens (tertiary/aromatic N) is 3. The summed E-state index contributed by atoms with van der Waals surface area (Å²) in [4.78, 5) is 15.3. The van der Waals surface area contributed by atoms with E-state index in [0.717, 1.165) is 71.7 Å². The molecule has 0 radical (unpaired) electrons. The molecular weight excluding hydrogens is 663 g/mol. The average molecular weight is 692 g/mol. The average Bonchev–Trinajstić information content (AvgIpc) is 3.82. The molecule has 11 aromatic rings. The molecule has 5 nitrogen and oxygen atoms in total. The summed E-state index contributed by atoms with van der Waals surface area (Å²) in [6.07, 6.45) is 0. The first-order valence-corrected chi connectivity index (χ1v) is 18.0. The standard InChI is InChI=1S/C49H29N3O2/c1-2-12-33(13-3-1)47-50-48(52-49(51-47)40-20-9-18-38-37-16-6-7-21-42(37)54-46(38)40)39-19-10-22-44-45(39)41-29-34(27-28-43(41)53-44)30-23-25-32(26-24-30)36-17-8-14-31-11-4-5-15-35(31)36/h1-29H. The van der Waals surface area contributed by atoms with Gasteiger partial charge in [0.25, 0.3) is 0 Å². The molecular formula is C49H29N3O2. The molecule has 0 bridgehead atoms. The SMILES string of the molecule is c1ccc(-c2nc(-c3cccc4c3oc3ccccc34)nc(-c3cccc4oc5ccc(-c6ccc(-c7cccc8ccccc78)cc6)cc5c34)n2)cc1. The van der Waals surface area contributed by atoms with E-state index in [-0.39, 0.29) is 0 Å². The third-order valence-electron chi connectivity index (χ3n) is 10.4. The largest absolute Gasteiger partial charge is 0.456 e. The van der Waals surface area contributed by atoms with Crippen LogP contribution in [0.1, 0.15) is 0 Å². The van der Waals surface area contributed by atoms with Gasteiger partial charge < -0.3 is 8.83 Å². The van der Waals surface area contributed by atoms with Crippen LogP contribution in [0.3, 0.4) is 0 Å². The Morgan fingerprint density at radius 3 is 1.80 bits per heavy atom. The van der Waals surface area contributed by atoms with Gasteiger partial charge in [-0.2, -0.15) is 0 Å². The monoisotopic (exact) mass is 691 g/mol. The normalized spacial score (nSPS) is 11.7. The van der Waals surface area contributed by atoms with Crippen LogP contribution >= 0.6 is 0 Å². The molecule has 54 heavy (non-hydrogen) atoms. The topological polar surface area (TPSA) is 65.0 Å². The van der Waals surface area contributed by atoms with Crippen molar-refractivity contribution < 1.29 is 8.83 Å². The summed E-state index contributed by atoms with van der Waals surface area (Å²) in [5.74, 6) is 1.69. The van der Waals surface area contributed by atoms with E-state index in [1.807, 2.05) is 72.8 Å². The lowest BCUT2D eigenvalue weighted by Crippen LogP contribution is -2.00. The number of aromatic nitrogens is 3. The maximum Gasteiger partial charge on any atom is 0.167 e. The van der Waals surface area contributed by atoms with Gasteiger partial charge in [-0.1, -0.05) is 146 Å². The molecule has 0 atom stereocenters. The molecule has 0 saturated heterocycles. The van der Waals surface area contributed by atoms with Crippen molar-refractivity contribution in [1.29, 1.82) is 0 Å². The lowest BCUT2D eigenvalue weighted by Gasteiger charge is -2.10. The van der Waals surface area contributed by atoms with Crippen molar-refractivity contribution in [1.82, 2.24) is 15.0 Å². The van der Waals surface area contributed by atoms with Gasteiger partial charge in [0.15, 0.2) is 17.5 Å². The zero-order chi connectivity index (χ0) is 35.6. The van der Waals surface area contributed by atoms with Crippen LogP contribution < -0.4 is 0 Å². The third kappa shape index (κ3) is 4.90.